The van der Waals surface area contributed by atoms with Crippen LogP contribution >= 0.6 is 11.6 Å². The van der Waals surface area contributed by atoms with E-state index in [-0.39, 0.29) is 10.8 Å². The first-order chi connectivity index (χ1) is 10.1. The highest BCUT2D eigenvalue weighted by Gasteiger charge is 2.20. The minimum absolute atomic E-state index is 0.187. The Balaban J connectivity index is 2.08. The molecule has 0 fully saturated rings. The predicted octanol–water partition coefficient (Wildman–Crippen LogP) is 2.39. The van der Waals surface area contributed by atoms with Gasteiger partial charge in [-0.2, -0.15) is 0 Å². The number of alkyl halides is 1. The predicted molar refractivity (Wildman–Crippen MR) is 81.7 cm³/mol. The second-order valence-corrected chi connectivity index (χ2v) is 7.05. The van der Waals surface area contributed by atoms with Crippen molar-refractivity contribution in [2.45, 2.75) is 24.7 Å². The van der Waals surface area contributed by atoms with Gasteiger partial charge in [0.05, 0.1) is 4.90 Å². The Bertz CT molecular complexity index is 576. The van der Waals surface area contributed by atoms with E-state index in [0.717, 1.165) is 12.8 Å². The van der Waals surface area contributed by atoms with E-state index in [0.29, 0.717) is 37.1 Å². The number of rotatable bonds is 7. The van der Waals surface area contributed by atoms with Crippen LogP contribution in [0.15, 0.2) is 23.1 Å². The summed E-state index contributed by atoms with van der Waals surface area (Å²) in [6.07, 6.45) is 1.68. The summed E-state index contributed by atoms with van der Waals surface area (Å²) in [5.74, 6) is 1.82. The summed E-state index contributed by atoms with van der Waals surface area (Å²) in [4.78, 5) is 0.187. The standard InChI is InChI=1S/C14H20ClNO4S/c1-2-11(5-6-15)10-16-21(17,18)12-3-4-13-14(9-12)20-8-7-19-13/h3-4,9,11,16H,2,5-8,10H2,1H3. The van der Waals surface area contributed by atoms with Crippen LogP contribution in [0.4, 0.5) is 0 Å². The summed E-state index contributed by atoms with van der Waals surface area (Å²) in [5.41, 5.74) is 0. The van der Waals surface area contributed by atoms with Gasteiger partial charge in [-0.1, -0.05) is 13.3 Å². The number of ether oxygens (including phenoxy) is 2. The summed E-state index contributed by atoms with van der Waals surface area (Å²) < 4.78 is 38.0. The van der Waals surface area contributed by atoms with Crippen molar-refractivity contribution in [3.05, 3.63) is 18.2 Å². The fraction of sp³-hybridized carbons (Fsp3) is 0.571. The molecule has 21 heavy (non-hydrogen) atoms. The molecule has 1 aliphatic heterocycles. The van der Waals surface area contributed by atoms with E-state index in [9.17, 15) is 8.42 Å². The highest BCUT2D eigenvalue weighted by atomic mass is 35.5. The molecule has 1 heterocycles. The van der Waals surface area contributed by atoms with Gasteiger partial charge in [0.25, 0.3) is 0 Å². The molecule has 1 N–H and O–H groups in total. The SMILES string of the molecule is CCC(CCCl)CNS(=O)(=O)c1ccc2c(c1)OCCO2. The molecule has 0 bridgehead atoms. The van der Waals surface area contributed by atoms with Crippen LogP contribution in [-0.4, -0.2) is 34.1 Å². The van der Waals surface area contributed by atoms with Crippen molar-refractivity contribution in [2.75, 3.05) is 25.6 Å². The lowest BCUT2D eigenvalue weighted by molar-refractivity contribution is 0.171. The Labute approximate surface area is 130 Å². The van der Waals surface area contributed by atoms with Crippen molar-refractivity contribution in [1.29, 1.82) is 0 Å². The number of fused-ring (bicyclic) bond motifs is 1. The zero-order chi connectivity index (χ0) is 15.3. The van der Waals surface area contributed by atoms with E-state index >= 15 is 0 Å². The van der Waals surface area contributed by atoms with Crippen LogP contribution in [0.1, 0.15) is 19.8 Å². The van der Waals surface area contributed by atoms with E-state index in [1.54, 1.807) is 6.07 Å². The minimum atomic E-state index is -3.55. The topological polar surface area (TPSA) is 64.6 Å². The van der Waals surface area contributed by atoms with Crippen molar-refractivity contribution in [3.8, 4) is 11.5 Å². The largest absolute Gasteiger partial charge is 0.486 e. The van der Waals surface area contributed by atoms with Crippen LogP contribution < -0.4 is 14.2 Å². The maximum atomic E-state index is 12.3. The number of nitrogens with one attached hydrogen (secondary N) is 1. The van der Waals surface area contributed by atoms with Crippen LogP contribution in [0.2, 0.25) is 0 Å². The first kappa shape index (κ1) is 16.4. The Morgan fingerprint density at radius 2 is 2.00 bits per heavy atom. The summed E-state index contributed by atoms with van der Waals surface area (Å²) in [6, 6.07) is 4.65. The molecule has 0 saturated carbocycles. The fourth-order valence-corrected chi connectivity index (χ4v) is 3.55. The van der Waals surface area contributed by atoms with Crippen LogP contribution in [-0.2, 0) is 10.0 Å². The van der Waals surface area contributed by atoms with Gasteiger partial charge in [0.2, 0.25) is 10.0 Å². The molecule has 0 aliphatic carbocycles. The maximum Gasteiger partial charge on any atom is 0.240 e. The van der Waals surface area contributed by atoms with Crippen molar-refractivity contribution < 1.29 is 17.9 Å². The maximum absolute atomic E-state index is 12.3. The molecule has 0 spiro atoms. The first-order valence-electron chi connectivity index (χ1n) is 7.02. The quantitative estimate of drug-likeness (QED) is 0.778. The normalized spacial score (nSPS) is 15.7. The average molecular weight is 334 g/mol. The number of benzene rings is 1. The third kappa shape index (κ3) is 4.25. The summed E-state index contributed by atoms with van der Waals surface area (Å²) in [5, 5.41) is 0. The van der Waals surface area contributed by atoms with Gasteiger partial charge in [-0.05, 0) is 24.5 Å². The van der Waals surface area contributed by atoms with Crippen LogP contribution in [0, 0.1) is 5.92 Å². The smallest absolute Gasteiger partial charge is 0.240 e. The third-order valence-corrected chi connectivity index (χ3v) is 5.12. The van der Waals surface area contributed by atoms with Crippen LogP contribution in [0.5, 0.6) is 11.5 Å². The van der Waals surface area contributed by atoms with Crippen LogP contribution in [0.3, 0.4) is 0 Å². The van der Waals surface area contributed by atoms with Gasteiger partial charge in [-0.25, -0.2) is 13.1 Å². The Hall–Kier alpha value is -0.980. The van der Waals surface area contributed by atoms with Crippen LogP contribution in [0.25, 0.3) is 0 Å². The number of sulfonamides is 1. The van der Waals surface area contributed by atoms with E-state index in [1.807, 2.05) is 6.92 Å². The molecule has 1 aromatic rings. The molecule has 1 aliphatic rings. The molecule has 0 aromatic heterocycles. The molecule has 0 saturated heterocycles. The Kier molecular flexibility index (Phi) is 5.72. The highest BCUT2D eigenvalue weighted by Crippen LogP contribution is 2.32. The lowest BCUT2D eigenvalue weighted by Crippen LogP contribution is -2.29. The van der Waals surface area contributed by atoms with Crippen molar-refractivity contribution in [1.82, 2.24) is 4.72 Å². The molecular weight excluding hydrogens is 314 g/mol. The first-order valence-corrected chi connectivity index (χ1v) is 9.04. The van der Waals surface area contributed by atoms with Gasteiger partial charge in [-0.15, -0.1) is 11.6 Å². The van der Waals surface area contributed by atoms with E-state index in [4.69, 9.17) is 21.1 Å². The lowest BCUT2D eigenvalue weighted by atomic mass is 10.0. The van der Waals surface area contributed by atoms with Gasteiger partial charge in [0, 0.05) is 18.5 Å². The summed E-state index contributed by atoms with van der Waals surface area (Å²) in [6.45, 7) is 3.32. The van der Waals surface area contributed by atoms with Gasteiger partial charge in [0.15, 0.2) is 11.5 Å². The van der Waals surface area contributed by atoms with E-state index in [2.05, 4.69) is 4.72 Å². The van der Waals surface area contributed by atoms with Crippen molar-refractivity contribution in [3.63, 3.8) is 0 Å². The average Bonchev–Trinajstić information content (AvgIpc) is 2.51. The second-order valence-electron chi connectivity index (χ2n) is 4.91. The molecule has 0 amide bonds. The van der Waals surface area contributed by atoms with Gasteiger partial charge in [-0.3, -0.25) is 0 Å². The molecule has 1 atom stereocenters. The molecule has 5 nitrogen and oxygen atoms in total. The van der Waals surface area contributed by atoms with Gasteiger partial charge >= 0.3 is 0 Å². The highest BCUT2D eigenvalue weighted by molar-refractivity contribution is 7.89. The van der Waals surface area contributed by atoms with Crippen molar-refractivity contribution >= 4 is 21.6 Å². The molecule has 118 valence electrons. The monoisotopic (exact) mass is 333 g/mol. The second kappa shape index (κ2) is 7.33. The molecule has 1 aromatic carbocycles. The van der Waals surface area contributed by atoms with E-state index < -0.39 is 10.0 Å². The number of hydrogen-bond donors (Lipinski definition) is 1. The van der Waals surface area contributed by atoms with E-state index in [1.165, 1.54) is 12.1 Å². The fourth-order valence-electron chi connectivity index (χ4n) is 2.11. The summed E-state index contributed by atoms with van der Waals surface area (Å²) >= 11 is 5.71. The summed E-state index contributed by atoms with van der Waals surface area (Å²) in [7, 11) is -3.55. The molecule has 2 rings (SSSR count). The Morgan fingerprint density at radius 3 is 2.67 bits per heavy atom. The minimum Gasteiger partial charge on any atom is -0.486 e. The number of halogens is 1. The third-order valence-electron chi connectivity index (χ3n) is 3.48. The molecule has 0 radical (unpaired) electrons. The molecule has 1 unspecified atom stereocenters. The molecule has 7 heteroatoms. The van der Waals surface area contributed by atoms with Gasteiger partial charge in [0.1, 0.15) is 13.2 Å². The van der Waals surface area contributed by atoms with Gasteiger partial charge < -0.3 is 9.47 Å². The number of hydrogen-bond acceptors (Lipinski definition) is 4. The van der Waals surface area contributed by atoms with Crippen molar-refractivity contribution in [2.24, 2.45) is 5.92 Å². The zero-order valence-corrected chi connectivity index (χ0v) is 13.5. The molecular formula is C14H20ClNO4S. The lowest BCUT2D eigenvalue weighted by Gasteiger charge is -2.19. The zero-order valence-electron chi connectivity index (χ0n) is 12.0. The Morgan fingerprint density at radius 1 is 1.29 bits per heavy atom.